The summed E-state index contributed by atoms with van der Waals surface area (Å²) in [5.41, 5.74) is 0. The summed E-state index contributed by atoms with van der Waals surface area (Å²) in [6, 6.07) is 0. The Morgan fingerprint density at radius 3 is 1.14 bits per heavy atom. The summed E-state index contributed by atoms with van der Waals surface area (Å²) in [6.07, 6.45) is 52.3. The molecule has 324 valence electrons. The molecule has 0 N–H and O–H groups in total. The quantitative estimate of drug-likeness (QED) is 0.0265. The van der Waals surface area contributed by atoms with Crippen molar-refractivity contribution in [2.24, 2.45) is 0 Å². The van der Waals surface area contributed by atoms with Crippen LogP contribution in [-0.4, -0.2) is 37.2 Å². The molecule has 0 aliphatic heterocycles. The Morgan fingerprint density at radius 1 is 0.375 bits per heavy atom. The van der Waals surface area contributed by atoms with Gasteiger partial charge in [-0.05, 0) is 77.0 Å². The number of unbranched alkanes of at least 4 members (excludes halogenated alkanes) is 23. The summed E-state index contributed by atoms with van der Waals surface area (Å²) >= 11 is 0. The molecule has 6 nitrogen and oxygen atoms in total. The van der Waals surface area contributed by atoms with Crippen molar-refractivity contribution in [3.63, 3.8) is 0 Å². The van der Waals surface area contributed by atoms with Gasteiger partial charge in [-0.3, -0.25) is 14.4 Å². The van der Waals surface area contributed by atoms with Crippen LogP contribution in [-0.2, 0) is 28.6 Å². The lowest BCUT2D eigenvalue weighted by Gasteiger charge is -2.18. The van der Waals surface area contributed by atoms with Gasteiger partial charge in [0.2, 0.25) is 0 Å². The van der Waals surface area contributed by atoms with Crippen LogP contribution >= 0.6 is 0 Å². The zero-order valence-corrected chi connectivity index (χ0v) is 36.9. The van der Waals surface area contributed by atoms with Crippen LogP contribution in [0.15, 0.2) is 48.6 Å². The highest BCUT2D eigenvalue weighted by Gasteiger charge is 2.19. The van der Waals surface area contributed by atoms with E-state index < -0.39 is 6.10 Å². The first-order valence-electron chi connectivity index (χ1n) is 23.6. The molecule has 0 rings (SSSR count). The highest BCUT2D eigenvalue weighted by Crippen LogP contribution is 2.14. The first-order valence-corrected chi connectivity index (χ1v) is 23.6. The van der Waals surface area contributed by atoms with E-state index in [1.807, 2.05) is 0 Å². The maximum Gasteiger partial charge on any atom is 0.306 e. The predicted molar refractivity (Wildman–Crippen MR) is 238 cm³/mol. The second-order valence-corrected chi connectivity index (χ2v) is 15.6. The zero-order valence-electron chi connectivity index (χ0n) is 36.9. The number of esters is 3. The Hall–Kier alpha value is -2.63. The molecule has 56 heavy (non-hydrogen) atoms. The highest BCUT2D eigenvalue weighted by molar-refractivity contribution is 5.71. The van der Waals surface area contributed by atoms with Gasteiger partial charge in [0.05, 0.1) is 0 Å². The van der Waals surface area contributed by atoms with Crippen LogP contribution in [0.1, 0.15) is 233 Å². The molecule has 0 amide bonds. The van der Waals surface area contributed by atoms with Gasteiger partial charge >= 0.3 is 17.9 Å². The summed E-state index contributed by atoms with van der Waals surface area (Å²) in [4.78, 5) is 37.8. The second kappa shape index (κ2) is 45.1. The third kappa shape index (κ3) is 42.5. The minimum Gasteiger partial charge on any atom is -0.462 e. The van der Waals surface area contributed by atoms with Crippen LogP contribution < -0.4 is 0 Å². The van der Waals surface area contributed by atoms with E-state index in [1.54, 1.807) is 0 Å². The molecule has 0 aromatic rings. The Balaban J connectivity index is 4.41. The van der Waals surface area contributed by atoms with Gasteiger partial charge in [-0.2, -0.15) is 0 Å². The fourth-order valence-electron chi connectivity index (χ4n) is 6.51. The lowest BCUT2D eigenvalue weighted by Crippen LogP contribution is -2.30. The Bertz CT molecular complexity index is 996. The monoisotopic (exact) mass is 785 g/mol. The van der Waals surface area contributed by atoms with Gasteiger partial charge < -0.3 is 14.2 Å². The molecular weight excluding hydrogens is 697 g/mol. The number of ether oxygens (including phenoxy) is 3. The van der Waals surface area contributed by atoms with Crippen molar-refractivity contribution >= 4 is 17.9 Å². The normalized spacial score (nSPS) is 12.4. The predicted octanol–water partition coefficient (Wildman–Crippen LogP) is 15.1. The Kier molecular flexibility index (Phi) is 43.0. The van der Waals surface area contributed by atoms with Crippen LogP contribution in [0.2, 0.25) is 0 Å². The summed E-state index contributed by atoms with van der Waals surface area (Å²) in [5.74, 6) is -0.913. The number of carbonyl (C=O) groups excluding carboxylic acids is 3. The van der Waals surface area contributed by atoms with Crippen molar-refractivity contribution in [2.75, 3.05) is 13.2 Å². The van der Waals surface area contributed by atoms with Gasteiger partial charge in [-0.25, -0.2) is 0 Å². The fourth-order valence-corrected chi connectivity index (χ4v) is 6.51. The average Bonchev–Trinajstić information content (AvgIpc) is 3.19. The highest BCUT2D eigenvalue weighted by atomic mass is 16.6. The van der Waals surface area contributed by atoms with Gasteiger partial charge in [-0.15, -0.1) is 0 Å². The van der Waals surface area contributed by atoms with Gasteiger partial charge in [0.15, 0.2) is 6.10 Å². The Morgan fingerprint density at radius 2 is 0.696 bits per heavy atom. The van der Waals surface area contributed by atoms with E-state index in [-0.39, 0.29) is 31.1 Å². The van der Waals surface area contributed by atoms with Gasteiger partial charge in [0.1, 0.15) is 13.2 Å². The summed E-state index contributed by atoms with van der Waals surface area (Å²) in [6.45, 7) is 6.47. The lowest BCUT2D eigenvalue weighted by atomic mass is 10.0. The lowest BCUT2D eigenvalue weighted by molar-refractivity contribution is -0.167. The molecule has 1 unspecified atom stereocenters. The molecule has 0 radical (unpaired) electrons. The molecule has 0 heterocycles. The summed E-state index contributed by atoms with van der Waals surface area (Å²) in [7, 11) is 0. The summed E-state index contributed by atoms with van der Waals surface area (Å²) in [5, 5.41) is 0. The minimum absolute atomic E-state index is 0.0821. The van der Waals surface area contributed by atoms with Crippen LogP contribution in [0.5, 0.6) is 0 Å². The van der Waals surface area contributed by atoms with E-state index in [1.165, 1.54) is 89.9 Å². The smallest absolute Gasteiger partial charge is 0.306 e. The number of carbonyl (C=O) groups is 3. The molecule has 0 saturated heterocycles. The molecule has 0 aromatic heterocycles. The van der Waals surface area contributed by atoms with Gasteiger partial charge in [0.25, 0.3) is 0 Å². The minimum atomic E-state index is -0.782. The molecule has 0 fully saturated rings. The number of rotatable bonds is 42. The molecule has 0 bridgehead atoms. The molecule has 0 spiro atoms. The molecule has 6 heteroatoms. The molecule has 1 atom stereocenters. The van der Waals surface area contributed by atoms with Crippen molar-refractivity contribution in [2.45, 2.75) is 239 Å². The van der Waals surface area contributed by atoms with E-state index >= 15 is 0 Å². The molecule has 0 aliphatic carbocycles. The third-order valence-electron chi connectivity index (χ3n) is 10.1. The van der Waals surface area contributed by atoms with Crippen molar-refractivity contribution in [1.29, 1.82) is 0 Å². The van der Waals surface area contributed by atoms with Crippen LogP contribution in [0.3, 0.4) is 0 Å². The SMILES string of the molecule is CC/C=C\C/C=C\C/C=C\CCCCCCC(=O)OCC(COC(=O)CCCCCCCCCCCCCC)OC(=O)CCCCCCC/C=C\CCCCC. The largest absolute Gasteiger partial charge is 0.462 e. The van der Waals surface area contributed by atoms with E-state index in [2.05, 4.69) is 69.4 Å². The van der Waals surface area contributed by atoms with Crippen molar-refractivity contribution in [1.82, 2.24) is 0 Å². The van der Waals surface area contributed by atoms with Crippen LogP contribution in [0.25, 0.3) is 0 Å². The molecule has 0 aromatic carbocycles. The van der Waals surface area contributed by atoms with E-state index in [0.29, 0.717) is 19.3 Å². The maximum atomic E-state index is 12.7. The van der Waals surface area contributed by atoms with Crippen LogP contribution in [0.4, 0.5) is 0 Å². The molecule has 0 saturated carbocycles. The number of allylic oxidation sites excluding steroid dienone is 8. The van der Waals surface area contributed by atoms with Gasteiger partial charge in [-0.1, -0.05) is 185 Å². The van der Waals surface area contributed by atoms with Crippen molar-refractivity contribution in [3.05, 3.63) is 48.6 Å². The fraction of sp³-hybridized carbons (Fsp3) is 0.780. The van der Waals surface area contributed by atoms with Crippen molar-refractivity contribution in [3.8, 4) is 0 Å². The van der Waals surface area contributed by atoms with Crippen LogP contribution in [0, 0.1) is 0 Å². The van der Waals surface area contributed by atoms with Crippen molar-refractivity contribution < 1.29 is 28.6 Å². The summed E-state index contributed by atoms with van der Waals surface area (Å²) < 4.78 is 16.7. The second-order valence-electron chi connectivity index (χ2n) is 15.6. The zero-order chi connectivity index (χ0) is 40.8. The molecule has 0 aliphatic rings. The van der Waals surface area contributed by atoms with E-state index in [9.17, 15) is 14.4 Å². The maximum absolute atomic E-state index is 12.7. The average molecular weight is 785 g/mol. The standard InChI is InChI=1S/C50H88O6/c1-4-7-10-13-16-19-22-25-26-29-31-34-37-40-43-49(52)55-46-47(56-50(53)44-41-38-35-32-28-24-21-18-15-12-9-6-3)45-54-48(51)42-39-36-33-30-27-23-20-17-14-11-8-5-2/h7,10,16,18-19,21,25-26,47H,4-6,8-9,11-15,17,20,22-24,27-46H2,1-3H3/b10-7-,19-16-,21-18-,26-25-. The first-order chi connectivity index (χ1) is 27.5. The number of hydrogen-bond donors (Lipinski definition) is 0. The number of hydrogen-bond acceptors (Lipinski definition) is 6. The van der Waals surface area contributed by atoms with Gasteiger partial charge in [0, 0.05) is 19.3 Å². The third-order valence-corrected chi connectivity index (χ3v) is 10.1. The van der Waals surface area contributed by atoms with E-state index in [4.69, 9.17) is 14.2 Å². The Labute approximate surface area is 346 Å². The van der Waals surface area contributed by atoms with E-state index in [0.717, 1.165) is 103 Å². The first kappa shape index (κ1) is 53.4. The molecular formula is C50H88O6. The topological polar surface area (TPSA) is 78.9 Å².